The quantitative estimate of drug-likeness (QED) is 0.331. The Hall–Kier alpha value is -0.210. The molecule has 3 N–H and O–H groups in total. The Labute approximate surface area is 81.2 Å². The summed E-state index contributed by atoms with van der Waals surface area (Å²) in [4.78, 5) is 0. The van der Waals surface area contributed by atoms with Gasteiger partial charge in [0.25, 0.3) is 0 Å². The van der Waals surface area contributed by atoms with Gasteiger partial charge in [-0.15, -0.1) is 0 Å². The molecule has 2 unspecified atom stereocenters. The van der Waals surface area contributed by atoms with Crippen LogP contribution in [0, 0.1) is 23.7 Å². The molecular formula is C7H11NO5S. The van der Waals surface area contributed by atoms with Crippen LogP contribution in [0.25, 0.3) is 0 Å². The van der Waals surface area contributed by atoms with Gasteiger partial charge in [0.15, 0.2) is 0 Å². The van der Waals surface area contributed by atoms with E-state index in [2.05, 4.69) is 9.76 Å². The molecule has 0 spiro atoms. The molecule has 4 saturated carbocycles. The van der Waals surface area contributed by atoms with E-state index in [4.69, 9.17) is 4.55 Å². The van der Waals surface area contributed by atoms with Crippen LogP contribution in [-0.2, 0) is 14.7 Å². The second-order valence-electron chi connectivity index (χ2n) is 4.46. The van der Waals surface area contributed by atoms with E-state index in [1.165, 1.54) is 0 Å². The molecule has 0 radical (unpaired) electrons. The fourth-order valence-corrected chi connectivity index (χ4v) is 3.63. The fraction of sp³-hybridized carbons (Fsp3) is 1.00. The minimum absolute atomic E-state index is 0.0595. The van der Waals surface area contributed by atoms with Crippen LogP contribution in [0.1, 0.15) is 12.8 Å². The summed E-state index contributed by atoms with van der Waals surface area (Å²) in [7, 11) is -4.53. The Kier molecular flexibility index (Phi) is 1.49. The second kappa shape index (κ2) is 2.30. The molecule has 0 aromatic carbocycles. The fourth-order valence-electron chi connectivity index (χ4n) is 3.40. The van der Waals surface area contributed by atoms with E-state index in [1.54, 1.807) is 0 Å². The van der Waals surface area contributed by atoms with E-state index < -0.39 is 16.1 Å². The highest BCUT2D eigenvalue weighted by molar-refractivity contribution is 7.80. The highest BCUT2D eigenvalue weighted by Gasteiger charge is 2.76. The molecule has 4 fully saturated rings. The van der Waals surface area contributed by atoms with Crippen molar-refractivity contribution in [3.05, 3.63) is 0 Å². The summed E-state index contributed by atoms with van der Waals surface area (Å²) in [6.07, 6.45) is 1.85. The van der Waals surface area contributed by atoms with Gasteiger partial charge in [0.05, 0.1) is 0 Å². The Morgan fingerprint density at radius 2 is 1.93 bits per heavy atom. The van der Waals surface area contributed by atoms with Crippen molar-refractivity contribution in [2.75, 3.05) is 0 Å². The van der Waals surface area contributed by atoms with Crippen molar-refractivity contribution in [3.63, 3.8) is 0 Å². The van der Waals surface area contributed by atoms with Gasteiger partial charge in [-0.25, -0.2) is 0 Å². The Morgan fingerprint density at radius 1 is 1.36 bits per heavy atom. The zero-order chi connectivity index (χ0) is 10.1. The summed E-state index contributed by atoms with van der Waals surface area (Å²) >= 11 is 0. The molecule has 3 atom stereocenters. The summed E-state index contributed by atoms with van der Waals surface area (Å²) in [6, 6.07) is 0. The Morgan fingerprint density at radius 3 is 2.29 bits per heavy atom. The topological polar surface area (TPSA) is 95.9 Å². The average molecular weight is 221 g/mol. The van der Waals surface area contributed by atoms with Crippen LogP contribution in [0.15, 0.2) is 0 Å². The van der Waals surface area contributed by atoms with Crippen LogP contribution in [0.5, 0.6) is 0 Å². The predicted molar refractivity (Wildman–Crippen MR) is 43.9 cm³/mol. The zero-order valence-electron chi connectivity index (χ0n) is 7.25. The van der Waals surface area contributed by atoms with E-state index in [0.717, 1.165) is 12.8 Å². The monoisotopic (exact) mass is 221 g/mol. The van der Waals surface area contributed by atoms with Crippen LogP contribution in [-0.4, -0.2) is 23.8 Å². The second-order valence-corrected chi connectivity index (χ2v) is 5.48. The van der Waals surface area contributed by atoms with Crippen LogP contribution in [0.4, 0.5) is 0 Å². The van der Waals surface area contributed by atoms with Crippen molar-refractivity contribution in [2.45, 2.75) is 18.6 Å². The Bertz CT molecular complexity index is 366. The van der Waals surface area contributed by atoms with Crippen molar-refractivity contribution in [1.29, 1.82) is 0 Å². The average Bonchev–Trinajstić information content (AvgIpc) is 2.44. The van der Waals surface area contributed by atoms with Crippen molar-refractivity contribution < 1.29 is 22.4 Å². The lowest BCUT2D eigenvalue weighted by molar-refractivity contribution is -0.107. The van der Waals surface area contributed by atoms with E-state index in [-0.39, 0.29) is 11.8 Å². The van der Waals surface area contributed by atoms with Crippen LogP contribution < -0.4 is 5.48 Å². The molecule has 0 aliphatic heterocycles. The number of aliphatic hydroxyl groups is 1. The van der Waals surface area contributed by atoms with Gasteiger partial charge in [0.1, 0.15) is 5.72 Å². The Balaban J connectivity index is 1.74. The summed E-state index contributed by atoms with van der Waals surface area (Å²) in [5.74, 6) is 1.20. The molecule has 0 aromatic heterocycles. The zero-order valence-corrected chi connectivity index (χ0v) is 8.07. The van der Waals surface area contributed by atoms with Crippen LogP contribution >= 0.6 is 0 Å². The molecule has 0 amide bonds. The third kappa shape index (κ3) is 1.01. The van der Waals surface area contributed by atoms with E-state index in [1.807, 2.05) is 0 Å². The maximum absolute atomic E-state index is 10.3. The van der Waals surface area contributed by atoms with E-state index >= 15 is 0 Å². The maximum atomic E-state index is 10.3. The summed E-state index contributed by atoms with van der Waals surface area (Å²) in [5, 5.41) is 10.1. The molecule has 4 bridgehead atoms. The van der Waals surface area contributed by atoms with Gasteiger partial charge >= 0.3 is 10.4 Å². The molecule has 7 heteroatoms. The number of nitrogens with one attached hydrogen (secondary N) is 1. The van der Waals surface area contributed by atoms with E-state index in [9.17, 15) is 13.5 Å². The minimum Gasteiger partial charge on any atom is -0.373 e. The van der Waals surface area contributed by atoms with Gasteiger partial charge < -0.3 is 5.11 Å². The highest BCUT2D eigenvalue weighted by Crippen LogP contribution is 2.73. The standard InChI is InChI=1S/C7H11NO5S/c9-7(8-13-14(10,11)12)3-1-4-5(2-3)6(4)7/h3-6,8-9H,1-2H2,(H,10,11,12)/t3?,4?,5?,6?,7-/m1/s1. The third-order valence-corrected chi connectivity index (χ3v) is 4.18. The van der Waals surface area contributed by atoms with Crippen molar-refractivity contribution in [3.8, 4) is 0 Å². The minimum atomic E-state index is -4.53. The van der Waals surface area contributed by atoms with Gasteiger partial charge in [0, 0.05) is 11.8 Å². The molecule has 6 nitrogen and oxygen atoms in total. The van der Waals surface area contributed by atoms with Crippen molar-refractivity contribution in [2.24, 2.45) is 23.7 Å². The van der Waals surface area contributed by atoms with Gasteiger partial charge in [-0.2, -0.15) is 18.2 Å². The lowest BCUT2D eigenvalue weighted by Crippen LogP contribution is -2.49. The van der Waals surface area contributed by atoms with Crippen molar-refractivity contribution >= 4 is 10.4 Å². The summed E-state index contributed by atoms with van der Waals surface area (Å²) in [5.41, 5.74) is 0.853. The number of hydrogen-bond acceptors (Lipinski definition) is 5. The molecule has 0 aromatic rings. The van der Waals surface area contributed by atoms with Crippen LogP contribution in [0.2, 0.25) is 0 Å². The van der Waals surface area contributed by atoms with Crippen LogP contribution in [0.3, 0.4) is 0 Å². The van der Waals surface area contributed by atoms with Crippen molar-refractivity contribution in [1.82, 2.24) is 5.48 Å². The normalized spacial score (nSPS) is 53.9. The SMILES string of the molecule is O=S(=O)(O)ON[C@@]1(O)C2CC3C(C2)C31. The highest BCUT2D eigenvalue weighted by atomic mass is 32.3. The molecule has 0 heterocycles. The van der Waals surface area contributed by atoms with E-state index in [0.29, 0.717) is 11.8 Å². The maximum Gasteiger partial charge on any atom is 0.413 e. The van der Waals surface area contributed by atoms with Gasteiger partial charge in [-0.05, 0) is 24.7 Å². The number of rotatable bonds is 3. The lowest BCUT2D eigenvalue weighted by atomic mass is 10.0. The van der Waals surface area contributed by atoms with Gasteiger partial charge in [-0.3, -0.25) is 4.55 Å². The first-order chi connectivity index (χ1) is 6.42. The third-order valence-electron chi connectivity index (χ3n) is 3.89. The smallest absolute Gasteiger partial charge is 0.373 e. The largest absolute Gasteiger partial charge is 0.413 e. The molecule has 4 rings (SSSR count). The molecule has 4 aliphatic rings. The molecular weight excluding hydrogens is 210 g/mol. The molecule has 0 saturated heterocycles. The predicted octanol–water partition coefficient (Wildman–Crippen LogP) is -0.715. The first-order valence-corrected chi connectivity index (χ1v) is 5.94. The first kappa shape index (κ1) is 9.05. The first-order valence-electron chi connectivity index (χ1n) is 4.57. The molecule has 80 valence electrons. The molecule has 14 heavy (non-hydrogen) atoms. The summed E-state index contributed by atoms with van der Waals surface area (Å²) in [6.45, 7) is 0. The van der Waals surface area contributed by atoms with Gasteiger partial charge in [-0.1, -0.05) is 0 Å². The number of hydroxylamine groups is 1. The lowest BCUT2D eigenvalue weighted by Gasteiger charge is -2.26. The van der Waals surface area contributed by atoms with Gasteiger partial charge in [0.2, 0.25) is 0 Å². The summed E-state index contributed by atoms with van der Waals surface area (Å²) < 4.78 is 33.1. The molecule has 4 aliphatic carbocycles. The number of hydrogen-bond donors (Lipinski definition) is 3.